The Morgan fingerprint density at radius 3 is 2.68 bits per heavy atom. The van der Waals surface area contributed by atoms with Crippen molar-refractivity contribution in [3.05, 3.63) is 46.9 Å². The lowest BCUT2D eigenvalue weighted by Crippen LogP contribution is -2.03. The van der Waals surface area contributed by atoms with Gasteiger partial charge < -0.3 is 5.32 Å². The number of para-hydroxylation sites is 1. The number of aromatic nitrogens is 2. The zero-order valence-corrected chi connectivity index (χ0v) is 12.0. The van der Waals surface area contributed by atoms with Crippen LogP contribution in [0.15, 0.2) is 30.6 Å². The minimum absolute atomic E-state index is 0.535. The first kappa shape index (κ1) is 13.8. The molecule has 4 heteroatoms. The van der Waals surface area contributed by atoms with Gasteiger partial charge in [0.05, 0.1) is 0 Å². The van der Waals surface area contributed by atoms with Gasteiger partial charge in [-0.3, -0.25) is 0 Å². The molecule has 0 aliphatic carbocycles. The fraction of sp³-hybridized carbons (Fsp3) is 0.333. The van der Waals surface area contributed by atoms with Crippen molar-refractivity contribution in [1.29, 1.82) is 0 Å². The van der Waals surface area contributed by atoms with Gasteiger partial charge in [-0.2, -0.15) is 0 Å². The van der Waals surface area contributed by atoms with E-state index in [2.05, 4.69) is 41.3 Å². The Hall–Kier alpha value is -1.61. The van der Waals surface area contributed by atoms with Gasteiger partial charge in [-0.15, -0.1) is 0 Å². The van der Waals surface area contributed by atoms with Gasteiger partial charge in [0.2, 0.25) is 0 Å². The Kier molecular flexibility index (Phi) is 4.74. The standard InChI is InChI=1S/C15H18ClN3/c1-3-7-12-14(16)17-10-18-15(12)19-13-9-6-5-8-11(13)4-2/h5-6,8-10H,3-4,7H2,1-2H3,(H,17,18,19). The van der Waals surface area contributed by atoms with Crippen LogP contribution in [-0.2, 0) is 12.8 Å². The SMILES string of the molecule is CCCc1c(Cl)ncnc1Nc1ccccc1CC. The maximum Gasteiger partial charge on any atom is 0.138 e. The summed E-state index contributed by atoms with van der Waals surface area (Å²) in [6.45, 7) is 4.26. The van der Waals surface area contributed by atoms with Crippen LogP contribution in [0.5, 0.6) is 0 Å². The molecule has 0 amide bonds. The smallest absolute Gasteiger partial charge is 0.138 e. The summed E-state index contributed by atoms with van der Waals surface area (Å²) in [5.41, 5.74) is 3.33. The van der Waals surface area contributed by atoms with Gasteiger partial charge in [-0.25, -0.2) is 9.97 Å². The lowest BCUT2D eigenvalue weighted by Gasteiger charge is -2.13. The van der Waals surface area contributed by atoms with Gasteiger partial charge in [0.15, 0.2) is 0 Å². The summed E-state index contributed by atoms with van der Waals surface area (Å²) in [7, 11) is 0. The molecule has 0 aliphatic heterocycles. The summed E-state index contributed by atoms with van der Waals surface area (Å²) in [5.74, 6) is 0.808. The number of anilines is 2. The molecular formula is C15H18ClN3. The topological polar surface area (TPSA) is 37.8 Å². The van der Waals surface area contributed by atoms with Crippen molar-refractivity contribution in [2.45, 2.75) is 33.1 Å². The third kappa shape index (κ3) is 3.24. The fourth-order valence-corrected chi connectivity index (χ4v) is 2.28. The summed E-state index contributed by atoms with van der Waals surface area (Å²) < 4.78 is 0. The van der Waals surface area contributed by atoms with Crippen molar-refractivity contribution in [1.82, 2.24) is 9.97 Å². The molecule has 2 aromatic rings. The quantitative estimate of drug-likeness (QED) is 0.823. The average molecular weight is 276 g/mol. The molecular weight excluding hydrogens is 258 g/mol. The van der Waals surface area contributed by atoms with Crippen LogP contribution in [0, 0.1) is 0 Å². The molecule has 3 nitrogen and oxygen atoms in total. The monoisotopic (exact) mass is 275 g/mol. The molecule has 0 bridgehead atoms. The van der Waals surface area contributed by atoms with Crippen molar-refractivity contribution >= 4 is 23.1 Å². The second-order valence-electron chi connectivity index (χ2n) is 4.38. The van der Waals surface area contributed by atoms with Gasteiger partial charge in [-0.1, -0.05) is 50.1 Å². The maximum atomic E-state index is 6.16. The Morgan fingerprint density at radius 2 is 1.95 bits per heavy atom. The normalized spacial score (nSPS) is 10.5. The van der Waals surface area contributed by atoms with Crippen LogP contribution >= 0.6 is 11.6 Å². The van der Waals surface area contributed by atoms with Crippen LogP contribution in [-0.4, -0.2) is 9.97 Å². The fourth-order valence-electron chi connectivity index (χ4n) is 2.05. The Labute approximate surface area is 119 Å². The number of nitrogens with zero attached hydrogens (tertiary/aromatic N) is 2. The van der Waals surface area contributed by atoms with Crippen molar-refractivity contribution in [3.63, 3.8) is 0 Å². The number of hydrogen-bond donors (Lipinski definition) is 1. The highest BCUT2D eigenvalue weighted by atomic mass is 35.5. The summed E-state index contributed by atoms with van der Waals surface area (Å²) in [5, 5.41) is 3.92. The van der Waals surface area contributed by atoms with Gasteiger partial charge >= 0.3 is 0 Å². The molecule has 0 aliphatic rings. The predicted molar refractivity (Wildman–Crippen MR) is 80.1 cm³/mol. The zero-order valence-electron chi connectivity index (χ0n) is 11.3. The zero-order chi connectivity index (χ0) is 13.7. The second kappa shape index (κ2) is 6.53. The molecule has 19 heavy (non-hydrogen) atoms. The Bertz CT molecular complexity index is 555. The van der Waals surface area contributed by atoms with E-state index in [9.17, 15) is 0 Å². The molecule has 2 rings (SSSR count). The van der Waals surface area contributed by atoms with Crippen LogP contribution in [0.2, 0.25) is 5.15 Å². The van der Waals surface area contributed by atoms with Crippen LogP contribution < -0.4 is 5.32 Å². The molecule has 0 saturated carbocycles. The van der Waals surface area contributed by atoms with Gasteiger partial charge in [0, 0.05) is 11.3 Å². The summed E-state index contributed by atoms with van der Waals surface area (Å²) in [4.78, 5) is 8.38. The molecule has 0 radical (unpaired) electrons. The number of hydrogen-bond acceptors (Lipinski definition) is 3. The molecule has 0 spiro atoms. The van der Waals surface area contributed by atoms with E-state index in [4.69, 9.17) is 11.6 Å². The van der Waals surface area contributed by atoms with E-state index >= 15 is 0 Å². The van der Waals surface area contributed by atoms with E-state index < -0.39 is 0 Å². The van der Waals surface area contributed by atoms with Crippen LogP contribution in [0.3, 0.4) is 0 Å². The summed E-state index contributed by atoms with van der Waals surface area (Å²) in [6.07, 6.45) is 4.36. The molecule has 1 aromatic carbocycles. The third-order valence-corrected chi connectivity index (χ3v) is 3.37. The molecule has 0 fully saturated rings. The minimum atomic E-state index is 0.535. The van der Waals surface area contributed by atoms with Crippen molar-refractivity contribution in [2.24, 2.45) is 0 Å². The Morgan fingerprint density at radius 1 is 1.16 bits per heavy atom. The number of halogens is 1. The van der Waals surface area contributed by atoms with Crippen LogP contribution in [0.1, 0.15) is 31.4 Å². The predicted octanol–water partition coefficient (Wildman–Crippen LogP) is 4.39. The molecule has 0 atom stereocenters. The summed E-state index contributed by atoms with van der Waals surface area (Å²) >= 11 is 6.16. The van der Waals surface area contributed by atoms with Crippen LogP contribution in [0.25, 0.3) is 0 Å². The van der Waals surface area contributed by atoms with E-state index in [0.717, 1.165) is 36.3 Å². The highest BCUT2D eigenvalue weighted by molar-refractivity contribution is 6.30. The highest BCUT2D eigenvalue weighted by Crippen LogP contribution is 2.26. The van der Waals surface area contributed by atoms with Crippen molar-refractivity contribution in [2.75, 3.05) is 5.32 Å². The van der Waals surface area contributed by atoms with Crippen molar-refractivity contribution in [3.8, 4) is 0 Å². The second-order valence-corrected chi connectivity index (χ2v) is 4.74. The largest absolute Gasteiger partial charge is 0.340 e. The molecule has 1 heterocycles. The lowest BCUT2D eigenvalue weighted by molar-refractivity contribution is 0.904. The lowest BCUT2D eigenvalue weighted by atomic mass is 10.1. The first-order chi connectivity index (χ1) is 9.26. The van der Waals surface area contributed by atoms with E-state index in [1.165, 1.54) is 11.9 Å². The molecule has 0 unspecified atom stereocenters. The molecule has 100 valence electrons. The van der Waals surface area contributed by atoms with E-state index in [1.807, 2.05) is 12.1 Å². The average Bonchev–Trinajstić information content (AvgIpc) is 2.43. The highest BCUT2D eigenvalue weighted by Gasteiger charge is 2.10. The number of rotatable bonds is 5. The molecule has 0 saturated heterocycles. The Balaban J connectivity index is 2.35. The van der Waals surface area contributed by atoms with Crippen molar-refractivity contribution < 1.29 is 0 Å². The number of nitrogens with one attached hydrogen (secondary N) is 1. The van der Waals surface area contributed by atoms with E-state index in [0.29, 0.717) is 5.15 Å². The molecule has 1 N–H and O–H groups in total. The van der Waals surface area contributed by atoms with Gasteiger partial charge in [-0.05, 0) is 24.5 Å². The van der Waals surface area contributed by atoms with Gasteiger partial charge in [0.1, 0.15) is 17.3 Å². The van der Waals surface area contributed by atoms with E-state index in [-0.39, 0.29) is 0 Å². The minimum Gasteiger partial charge on any atom is -0.340 e. The summed E-state index contributed by atoms with van der Waals surface area (Å²) in [6, 6.07) is 8.24. The van der Waals surface area contributed by atoms with Gasteiger partial charge in [0.25, 0.3) is 0 Å². The maximum absolute atomic E-state index is 6.16. The number of aryl methyl sites for hydroxylation is 1. The first-order valence-electron chi connectivity index (χ1n) is 6.60. The third-order valence-electron chi connectivity index (χ3n) is 3.04. The number of benzene rings is 1. The molecule has 1 aromatic heterocycles. The first-order valence-corrected chi connectivity index (χ1v) is 6.98. The van der Waals surface area contributed by atoms with Crippen LogP contribution in [0.4, 0.5) is 11.5 Å². The van der Waals surface area contributed by atoms with E-state index in [1.54, 1.807) is 0 Å².